The van der Waals surface area contributed by atoms with E-state index in [1.54, 1.807) is 19.1 Å². The van der Waals surface area contributed by atoms with Crippen molar-refractivity contribution in [3.8, 4) is 0 Å². The number of carbonyl (C=O) groups is 2. The Hall–Kier alpha value is -2.83. The largest absolute Gasteiger partial charge is 0.462 e. The van der Waals surface area contributed by atoms with Gasteiger partial charge in [0.1, 0.15) is 12.0 Å². The lowest BCUT2D eigenvalue weighted by atomic mass is 9.71. The van der Waals surface area contributed by atoms with Crippen LogP contribution in [0, 0.1) is 16.0 Å². The molecule has 0 N–H and O–H groups in total. The molecule has 0 amide bonds. The molecule has 7 nitrogen and oxygen atoms in total. The van der Waals surface area contributed by atoms with Crippen molar-refractivity contribution >= 4 is 23.2 Å². The normalized spacial score (nSPS) is 24.8. The molecule has 1 saturated carbocycles. The molecule has 7 heteroatoms. The summed E-state index contributed by atoms with van der Waals surface area (Å²) in [6.45, 7) is 1.80. The van der Waals surface area contributed by atoms with E-state index in [2.05, 4.69) is 4.99 Å². The second-order valence-corrected chi connectivity index (χ2v) is 8.75. The van der Waals surface area contributed by atoms with Gasteiger partial charge in [-0.3, -0.25) is 24.7 Å². The van der Waals surface area contributed by atoms with Crippen LogP contribution in [0.25, 0.3) is 0 Å². The highest BCUT2D eigenvalue weighted by Crippen LogP contribution is 2.44. The summed E-state index contributed by atoms with van der Waals surface area (Å²) in [5.74, 6) is -1.75. The Balaban J connectivity index is 1.73. The van der Waals surface area contributed by atoms with Crippen molar-refractivity contribution in [2.24, 2.45) is 10.9 Å². The molecule has 164 valence electrons. The average molecular weight is 424 g/mol. The zero-order chi connectivity index (χ0) is 22.0. The molecule has 1 aromatic carbocycles. The number of ketones is 1. The van der Waals surface area contributed by atoms with Crippen LogP contribution in [0.3, 0.4) is 0 Å². The topological polar surface area (TPSA) is 98.9 Å². The Morgan fingerprint density at radius 1 is 1.13 bits per heavy atom. The Morgan fingerprint density at radius 3 is 2.58 bits per heavy atom. The number of aliphatic imine (C=N–C) groups is 1. The summed E-state index contributed by atoms with van der Waals surface area (Å²) in [4.78, 5) is 41.9. The van der Waals surface area contributed by atoms with Gasteiger partial charge < -0.3 is 4.74 Å². The molecular weight excluding hydrogens is 396 g/mol. The molecule has 0 spiro atoms. The van der Waals surface area contributed by atoms with E-state index in [1.165, 1.54) is 12.1 Å². The van der Waals surface area contributed by atoms with Crippen molar-refractivity contribution in [1.29, 1.82) is 0 Å². The number of rotatable bonds is 4. The monoisotopic (exact) mass is 424 g/mol. The number of nitro benzene ring substituents is 1. The summed E-state index contributed by atoms with van der Waals surface area (Å²) in [5, 5.41) is 11.4. The van der Waals surface area contributed by atoms with Crippen LogP contribution in [0.15, 0.2) is 40.5 Å². The summed E-state index contributed by atoms with van der Waals surface area (Å²) in [7, 11) is 0. The molecule has 1 fully saturated rings. The molecule has 3 aliphatic rings. The highest BCUT2D eigenvalue weighted by molar-refractivity contribution is 6.08. The molecule has 1 aliphatic heterocycles. The lowest BCUT2D eigenvalue weighted by molar-refractivity contribution is -0.384. The van der Waals surface area contributed by atoms with Crippen molar-refractivity contribution in [2.45, 2.75) is 76.7 Å². The van der Waals surface area contributed by atoms with Crippen molar-refractivity contribution in [1.82, 2.24) is 0 Å². The lowest BCUT2D eigenvalue weighted by Crippen LogP contribution is -2.38. The summed E-state index contributed by atoms with van der Waals surface area (Å²) < 4.78 is 5.94. The van der Waals surface area contributed by atoms with Gasteiger partial charge in [0, 0.05) is 41.5 Å². The predicted octanol–water partition coefficient (Wildman–Crippen LogP) is 5.04. The molecule has 2 aliphatic carbocycles. The fourth-order valence-electron chi connectivity index (χ4n) is 5.10. The quantitative estimate of drug-likeness (QED) is 0.292. The first kappa shape index (κ1) is 21.4. The van der Waals surface area contributed by atoms with E-state index < -0.39 is 16.8 Å². The molecule has 1 heterocycles. The first-order valence-corrected chi connectivity index (χ1v) is 11.2. The highest BCUT2D eigenvalue weighted by Gasteiger charge is 2.44. The summed E-state index contributed by atoms with van der Waals surface area (Å²) in [5.41, 5.74) is 2.39. The third-order valence-corrected chi connectivity index (χ3v) is 6.61. The number of Topliss-reactive ketones (excluding diaryl/α,β-unsaturated/α-hetero) is 1. The maximum Gasteiger partial charge on any atom is 0.315 e. The number of ether oxygens (including phenoxy) is 1. The number of esters is 1. The van der Waals surface area contributed by atoms with Gasteiger partial charge in [-0.25, -0.2) is 0 Å². The summed E-state index contributed by atoms with van der Waals surface area (Å²) >= 11 is 0. The van der Waals surface area contributed by atoms with Gasteiger partial charge in [0.15, 0.2) is 5.78 Å². The molecule has 31 heavy (non-hydrogen) atoms. The van der Waals surface area contributed by atoms with E-state index >= 15 is 0 Å². The molecule has 1 aromatic rings. The first-order valence-electron chi connectivity index (χ1n) is 11.2. The average Bonchev–Trinajstić information content (AvgIpc) is 3.01. The number of hydrogen-bond acceptors (Lipinski definition) is 6. The number of non-ortho nitro benzene ring substituents is 1. The van der Waals surface area contributed by atoms with E-state index in [1.807, 2.05) is 0 Å². The second kappa shape index (κ2) is 9.12. The van der Waals surface area contributed by atoms with Gasteiger partial charge in [0.05, 0.1) is 4.92 Å². The SMILES string of the molecule is CC1=NC2=C(C(=O)CCC2)[C@@H](c2cccc([N+](=O)[O-])c2)C1C(=O)OC1CCCCCC1. The predicted molar refractivity (Wildman–Crippen MR) is 116 cm³/mol. The van der Waals surface area contributed by atoms with Gasteiger partial charge in [0.2, 0.25) is 0 Å². The minimum atomic E-state index is -0.744. The lowest BCUT2D eigenvalue weighted by Gasteiger charge is -2.35. The standard InChI is InChI=1S/C24H28N2O5/c1-15-21(24(28)31-18-10-4-2-3-5-11-18)22(16-8-6-9-17(14-16)26(29)30)23-19(25-15)12-7-13-20(23)27/h6,8-9,14,18,21-22H,2-5,7,10-13H2,1H3/t21?,22-/m0/s1. The van der Waals surface area contributed by atoms with Crippen LogP contribution in [0.5, 0.6) is 0 Å². The number of nitro groups is 1. The van der Waals surface area contributed by atoms with Crippen molar-refractivity contribution < 1.29 is 19.2 Å². The maximum absolute atomic E-state index is 13.4. The molecular formula is C24H28N2O5. The number of hydrogen-bond donors (Lipinski definition) is 0. The molecule has 2 atom stereocenters. The number of allylic oxidation sites excluding steroid dienone is 2. The Kier molecular flexibility index (Phi) is 6.30. The zero-order valence-electron chi connectivity index (χ0n) is 17.8. The third kappa shape index (κ3) is 4.45. The van der Waals surface area contributed by atoms with Crippen molar-refractivity contribution in [3.05, 3.63) is 51.2 Å². The summed E-state index contributed by atoms with van der Waals surface area (Å²) in [6.07, 6.45) is 7.77. The van der Waals surface area contributed by atoms with Crippen LogP contribution in [-0.4, -0.2) is 28.5 Å². The smallest absolute Gasteiger partial charge is 0.315 e. The Labute approximate surface area is 181 Å². The van der Waals surface area contributed by atoms with Crippen molar-refractivity contribution in [3.63, 3.8) is 0 Å². The van der Waals surface area contributed by atoms with Crippen molar-refractivity contribution in [2.75, 3.05) is 0 Å². The molecule has 0 radical (unpaired) electrons. The maximum atomic E-state index is 13.4. The zero-order valence-corrected chi connectivity index (χ0v) is 17.8. The molecule has 0 saturated heterocycles. The minimum Gasteiger partial charge on any atom is -0.462 e. The highest BCUT2D eigenvalue weighted by atomic mass is 16.6. The van der Waals surface area contributed by atoms with Gasteiger partial charge in [-0.1, -0.05) is 25.0 Å². The summed E-state index contributed by atoms with van der Waals surface area (Å²) in [6, 6.07) is 6.26. The van der Waals surface area contributed by atoms with Gasteiger partial charge in [-0.2, -0.15) is 0 Å². The van der Waals surface area contributed by atoms with Crippen LogP contribution in [0.4, 0.5) is 5.69 Å². The Bertz CT molecular complexity index is 956. The molecule has 4 rings (SSSR count). The van der Waals surface area contributed by atoms with E-state index in [0.29, 0.717) is 35.4 Å². The van der Waals surface area contributed by atoms with Crippen LogP contribution >= 0.6 is 0 Å². The van der Waals surface area contributed by atoms with Gasteiger partial charge >= 0.3 is 5.97 Å². The number of nitrogens with zero attached hydrogens (tertiary/aromatic N) is 2. The van der Waals surface area contributed by atoms with Gasteiger partial charge in [-0.15, -0.1) is 0 Å². The van der Waals surface area contributed by atoms with E-state index in [4.69, 9.17) is 4.74 Å². The van der Waals surface area contributed by atoms with Gasteiger partial charge in [-0.05, 0) is 51.0 Å². The molecule has 0 aromatic heterocycles. The van der Waals surface area contributed by atoms with Gasteiger partial charge in [0.25, 0.3) is 5.69 Å². The molecule has 0 bridgehead atoms. The number of carbonyl (C=O) groups excluding carboxylic acids is 2. The van der Waals surface area contributed by atoms with E-state index in [-0.39, 0.29) is 23.5 Å². The first-order chi connectivity index (χ1) is 15.0. The number of benzene rings is 1. The van der Waals surface area contributed by atoms with Crippen LogP contribution in [0.2, 0.25) is 0 Å². The Morgan fingerprint density at radius 2 is 1.87 bits per heavy atom. The van der Waals surface area contributed by atoms with E-state index in [0.717, 1.165) is 44.9 Å². The molecule has 1 unspecified atom stereocenters. The minimum absolute atomic E-state index is 0.0266. The van der Waals surface area contributed by atoms with Crippen LogP contribution in [-0.2, 0) is 14.3 Å². The van der Waals surface area contributed by atoms with E-state index in [9.17, 15) is 19.7 Å². The fraction of sp³-hybridized carbons (Fsp3) is 0.542. The van der Waals surface area contributed by atoms with Crippen LogP contribution in [0.1, 0.15) is 76.2 Å². The third-order valence-electron chi connectivity index (χ3n) is 6.61. The fourth-order valence-corrected chi connectivity index (χ4v) is 5.10. The van der Waals surface area contributed by atoms with Crippen LogP contribution < -0.4 is 0 Å². The second-order valence-electron chi connectivity index (χ2n) is 8.75.